The third-order valence-electron chi connectivity index (χ3n) is 4.94. The zero-order valence-electron chi connectivity index (χ0n) is 14.1. The Hall–Kier alpha value is -2.26. The van der Waals surface area contributed by atoms with Crippen molar-refractivity contribution in [2.75, 3.05) is 18.9 Å². The van der Waals surface area contributed by atoms with Crippen molar-refractivity contribution in [3.63, 3.8) is 0 Å². The number of aromatic nitrogens is 1. The van der Waals surface area contributed by atoms with Gasteiger partial charge in [0.25, 0.3) is 0 Å². The van der Waals surface area contributed by atoms with Crippen molar-refractivity contribution in [3.8, 4) is 0 Å². The first-order chi connectivity index (χ1) is 11.1. The second-order valence-electron chi connectivity index (χ2n) is 6.66. The van der Waals surface area contributed by atoms with E-state index in [1.165, 1.54) is 33.4 Å². The lowest BCUT2D eigenvalue weighted by atomic mass is 10.0. The molecule has 4 rings (SSSR count). The van der Waals surface area contributed by atoms with Crippen molar-refractivity contribution in [2.24, 2.45) is 7.05 Å². The highest BCUT2D eigenvalue weighted by molar-refractivity contribution is 5.96. The Bertz CT molecular complexity index is 859. The van der Waals surface area contributed by atoms with Gasteiger partial charge in [-0.1, -0.05) is 29.8 Å². The second kappa shape index (κ2) is 5.43. The zero-order chi connectivity index (χ0) is 16.0. The van der Waals surface area contributed by atoms with E-state index >= 15 is 0 Å². The molecule has 0 spiro atoms. The summed E-state index contributed by atoms with van der Waals surface area (Å²) in [7, 11) is 4.41. The molecule has 1 N–H and O–H groups in total. The number of hydrogen-bond acceptors (Lipinski definition) is 2. The summed E-state index contributed by atoms with van der Waals surface area (Å²) in [5.74, 6) is 0. The monoisotopic (exact) mass is 305 g/mol. The first-order valence-corrected chi connectivity index (χ1v) is 8.25. The van der Waals surface area contributed by atoms with E-state index in [4.69, 9.17) is 0 Å². The third-order valence-corrected chi connectivity index (χ3v) is 4.94. The zero-order valence-corrected chi connectivity index (χ0v) is 14.1. The normalized spacial score (nSPS) is 14.9. The highest BCUT2D eigenvalue weighted by Crippen LogP contribution is 2.35. The Labute approximate surface area is 137 Å². The SMILES string of the molecule is Cc1ccc(Nc2cccc3c4c(n(C)c23)CCN(C)C4)cc1. The molecule has 0 saturated heterocycles. The Morgan fingerprint density at radius 2 is 1.78 bits per heavy atom. The second-order valence-corrected chi connectivity index (χ2v) is 6.66. The van der Waals surface area contributed by atoms with E-state index in [2.05, 4.69) is 78.3 Å². The molecular weight excluding hydrogens is 282 g/mol. The first kappa shape index (κ1) is 14.3. The number of fused-ring (bicyclic) bond motifs is 3. The molecule has 2 heterocycles. The van der Waals surface area contributed by atoms with Crippen LogP contribution in [0.3, 0.4) is 0 Å². The lowest BCUT2D eigenvalue weighted by Gasteiger charge is -2.23. The van der Waals surface area contributed by atoms with Gasteiger partial charge in [0.15, 0.2) is 0 Å². The maximum absolute atomic E-state index is 3.60. The fourth-order valence-electron chi connectivity index (χ4n) is 3.68. The van der Waals surface area contributed by atoms with Crippen LogP contribution in [0.1, 0.15) is 16.8 Å². The fourth-order valence-corrected chi connectivity index (χ4v) is 3.68. The lowest BCUT2D eigenvalue weighted by Crippen LogP contribution is -2.26. The Morgan fingerprint density at radius 3 is 2.57 bits per heavy atom. The van der Waals surface area contributed by atoms with Gasteiger partial charge in [-0.2, -0.15) is 0 Å². The third kappa shape index (κ3) is 2.41. The number of nitrogens with zero attached hydrogens (tertiary/aromatic N) is 2. The predicted molar refractivity (Wildman–Crippen MR) is 97.4 cm³/mol. The standard InChI is InChI=1S/C20H23N3/c1-14-7-9-15(10-8-14)21-18-6-4-5-16-17-13-22(2)12-11-19(17)23(3)20(16)18/h4-10,21H,11-13H2,1-3H3. The van der Waals surface area contributed by atoms with Gasteiger partial charge in [0.1, 0.15) is 0 Å². The molecule has 1 aliphatic rings. The fraction of sp³-hybridized carbons (Fsp3) is 0.300. The van der Waals surface area contributed by atoms with Crippen LogP contribution in [0.2, 0.25) is 0 Å². The van der Waals surface area contributed by atoms with Crippen molar-refractivity contribution in [3.05, 3.63) is 59.3 Å². The molecule has 1 aliphatic heterocycles. The number of likely N-dealkylation sites (N-methyl/N-ethyl adjacent to an activating group) is 1. The molecule has 0 amide bonds. The first-order valence-electron chi connectivity index (χ1n) is 8.25. The minimum atomic E-state index is 1.04. The molecule has 0 saturated carbocycles. The van der Waals surface area contributed by atoms with Gasteiger partial charge in [-0.05, 0) is 37.7 Å². The van der Waals surface area contributed by atoms with E-state index in [0.29, 0.717) is 0 Å². The molecule has 3 aromatic rings. The number of benzene rings is 2. The highest BCUT2D eigenvalue weighted by atomic mass is 15.1. The van der Waals surface area contributed by atoms with E-state index in [0.717, 1.165) is 25.2 Å². The van der Waals surface area contributed by atoms with Gasteiger partial charge in [-0.15, -0.1) is 0 Å². The smallest absolute Gasteiger partial charge is 0.0722 e. The molecule has 0 atom stereocenters. The van der Waals surface area contributed by atoms with Crippen LogP contribution in [-0.2, 0) is 20.0 Å². The van der Waals surface area contributed by atoms with E-state index in [1.807, 2.05) is 0 Å². The molecule has 0 unspecified atom stereocenters. The van der Waals surface area contributed by atoms with Crippen LogP contribution in [0.15, 0.2) is 42.5 Å². The van der Waals surface area contributed by atoms with Gasteiger partial charge in [0.2, 0.25) is 0 Å². The summed E-state index contributed by atoms with van der Waals surface area (Å²) < 4.78 is 2.38. The summed E-state index contributed by atoms with van der Waals surface area (Å²) in [6, 6.07) is 15.2. The quantitative estimate of drug-likeness (QED) is 0.765. The summed E-state index contributed by atoms with van der Waals surface area (Å²) in [5, 5.41) is 4.98. The summed E-state index contributed by atoms with van der Waals surface area (Å²) in [4.78, 5) is 2.40. The van der Waals surface area contributed by atoms with E-state index in [1.54, 1.807) is 0 Å². The van der Waals surface area contributed by atoms with Crippen molar-refractivity contribution in [2.45, 2.75) is 19.9 Å². The van der Waals surface area contributed by atoms with Crippen LogP contribution >= 0.6 is 0 Å². The number of anilines is 2. The maximum atomic E-state index is 3.60. The van der Waals surface area contributed by atoms with E-state index < -0.39 is 0 Å². The number of nitrogens with one attached hydrogen (secondary N) is 1. The van der Waals surface area contributed by atoms with Gasteiger partial charge in [0.05, 0.1) is 11.2 Å². The largest absolute Gasteiger partial charge is 0.354 e. The number of rotatable bonds is 2. The summed E-state index contributed by atoms with van der Waals surface area (Å²) in [5.41, 5.74) is 7.89. The Balaban J connectivity index is 1.83. The van der Waals surface area contributed by atoms with Gasteiger partial charge < -0.3 is 14.8 Å². The molecular formula is C20H23N3. The molecule has 118 valence electrons. The van der Waals surface area contributed by atoms with Crippen molar-refractivity contribution in [1.29, 1.82) is 0 Å². The van der Waals surface area contributed by atoms with Crippen LogP contribution in [0.4, 0.5) is 11.4 Å². The Morgan fingerprint density at radius 1 is 1.00 bits per heavy atom. The summed E-state index contributed by atoms with van der Waals surface area (Å²) in [6.45, 7) is 4.30. The van der Waals surface area contributed by atoms with Gasteiger partial charge >= 0.3 is 0 Å². The number of para-hydroxylation sites is 1. The van der Waals surface area contributed by atoms with Crippen LogP contribution in [-0.4, -0.2) is 23.1 Å². The van der Waals surface area contributed by atoms with E-state index in [9.17, 15) is 0 Å². The summed E-state index contributed by atoms with van der Waals surface area (Å²) in [6.07, 6.45) is 1.13. The van der Waals surface area contributed by atoms with Crippen molar-refractivity contribution in [1.82, 2.24) is 9.47 Å². The Kier molecular flexibility index (Phi) is 3.38. The number of aryl methyl sites for hydroxylation is 2. The van der Waals surface area contributed by atoms with Crippen LogP contribution in [0.25, 0.3) is 10.9 Å². The molecule has 1 aromatic heterocycles. The van der Waals surface area contributed by atoms with Gasteiger partial charge in [-0.25, -0.2) is 0 Å². The predicted octanol–water partition coefficient (Wildman–Crippen LogP) is 4.22. The highest BCUT2D eigenvalue weighted by Gasteiger charge is 2.22. The molecule has 0 aliphatic carbocycles. The molecule has 3 nitrogen and oxygen atoms in total. The molecule has 2 aromatic carbocycles. The average molecular weight is 305 g/mol. The van der Waals surface area contributed by atoms with Gasteiger partial charge in [0, 0.05) is 43.3 Å². The molecule has 0 fully saturated rings. The van der Waals surface area contributed by atoms with Crippen molar-refractivity contribution >= 4 is 22.3 Å². The van der Waals surface area contributed by atoms with Crippen LogP contribution in [0.5, 0.6) is 0 Å². The van der Waals surface area contributed by atoms with Gasteiger partial charge in [-0.3, -0.25) is 0 Å². The topological polar surface area (TPSA) is 20.2 Å². The average Bonchev–Trinajstić information content (AvgIpc) is 2.83. The molecule has 0 bridgehead atoms. The molecule has 3 heteroatoms. The van der Waals surface area contributed by atoms with Crippen LogP contribution in [0, 0.1) is 6.92 Å². The van der Waals surface area contributed by atoms with Crippen LogP contribution < -0.4 is 5.32 Å². The van der Waals surface area contributed by atoms with E-state index in [-0.39, 0.29) is 0 Å². The van der Waals surface area contributed by atoms with Crippen molar-refractivity contribution < 1.29 is 0 Å². The lowest BCUT2D eigenvalue weighted by molar-refractivity contribution is 0.310. The number of hydrogen-bond donors (Lipinski definition) is 1. The minimum absolute atomic E-state index is 1.04. The maximum Gasteiger partial charge on any atom is 0.0722 e. The molecule has 23 heavy (non-hydrogen) atoms. The minimum Gasteiger partial charge on any atom is -0.354 e. The molecule has 0 radical (unpaired) electrons. The summed E-state index contributed by atoms with van der Waals surface area (Å²) >= 11 is 0.